The summed E-state index contributed by atoms with van der Waals surface area (Å²) in [7, 11) is 0. The number of likely N-dealkylation sites (tertiary alicyclic amines) is 1. The third-order valence-electron chi connectivity index (χ3n) is 6.15. The maximum Gasteiger partial charge on any atom is 0.262 e. The quantitative estimate of drug-likeness (QED) is 0.388. The molecule has 0 saturated carbocycles. The second-order valence-electron chi connectivity index (χ2n) is 8.52. The lowest BCUT2D eigenvalue weighted by Crippen LogP contribution is -2.42. The Balaban J connectivity index is 1.36. The number of amides is 2. The molecule has 1 aliphatic heterocycles. The summed E-state index contributed by atoms with van der Waals surface area (Å²) in [6.45, 7) is 3.78. The molecule has 0 radical (unpaired) electrons. The summed E-state index contributed by atoms with van der Waals surface area (Å²) >= 11 is 1.32. The van der Waals surface area contributed by atoms with Gasteiger partial charge in [-0.3, -0.25) is 19.0 Å². The van der Waals surface area contributed by atoms with Crippen LogP contribution in [0.2, 0.25) is 0 Å². The number of nitrogens with one attached hydrogen (secondary N) is 1. The number of thioether (sulfide) groups is 1. The number of rotatable bonds is 8. The van der Waals surface area contributed by atoms with Gasteiger partial charge in [0.25, 0.3) is 5.56 Å². The summed E-state index contributed by atoms with van der Waals surface area (Å²) in [4.78, 5) is 45.0. The van der Waals surface area contributed by atoms with Gasteiger partial charge in [-0.15, -0.1) is 0 Å². The van der Waals surface area contributed by atoms with E-state index in [0.717, 1.165) is 18.5 Å². The van der Waals surface area contributed by atoms with Crippen molar-refractivity contribution in [3.8, 4) is 0 Å². The summed E-state index contributed by atoms with van der Waals surface area (Å²) in [6.07, 6.45) is 3.13. The van der Waals surface area contributed by atoms with E-state index in [9.17, 15) is 14.4 Å². The average Bonchev–Trinajstić information content (AvgIpc) is 2.87. The van der Waals surface area contributed by atoms with Crippen molar-refractivity contribution >= 4 is 40.2 Å². The number of aromatic nitrogens is 2. The van der Waals surface area contributed by atoms with Crippen LogP contribution < -0.4 is 10.9 Å². The zero-order valence-corrected chi connectivity index (χ0v) is 20.2. The Morgan fingerprint density at radius 2 is 1.76 bits per heavy atom. The van der Waals surface area contributed by atoms with E-state index in [0.29, 0.717) is 48.5 Å². The molecule has 7 nitrogen and oxygen atoms in total. The number of carbonyl (C=O) groups excluding carboxylic acids is 2. The summed E-state index contributed by atoms with van der Waals surface area (Å²) < 4.78 is 1.70. The van der Waals surface area contributed by atoms with Gasteiger partial charge >= 0.3 is 0 Å². The maximum atomic E-state index is 13.0. The molecule has 0 aliphatic carbocycles. The molecule has 2 aromatic carbocycles. The molecule has 34 heavy (non-hydrogen) atoms. The van der Waals surface area contributed by atoms with Gasteiger partial charge in [0.05, 0.1) is 16.7 Å². The fourth-order valence-electron chi connectivity index (χ4n) is 4.15. The van der Waals surface area contributed by atoms with Crippen LogP contribution in [0.25, 0.3) is 10.9 Å². The number of piperidine rings is 1. The number of anilines is 1. The molecule has 2 amide bonds. The fourth-order valence-corrected chi connectivity index (χ4v) is 5.07. The number of unbranched alkanes of at least 4 members (excludes halogenated alkanes) is 1. The van der Waals surface area contributed by atoms with E-state index in [4.69, 9.17) is 0 Å². The molecule has 1 N–H and O–H groups in total. The number of carbonyl (C=O) groups is 2. The molecular formula is C26H30N4O3S. The fraction of sp³-hybridized carbons (Fsp3) is 0.385. The predicted octanol–water partition coefficient (Wildman–Crippen LogP) is 4.17. The molecule has 0 spiro atoms. The van der Waals surface area contributed by atoms with Gasteiger partial charge in [0.2, 0.25) is 11.8 Å². The van der Waals surface area contributed by atoms with Crippen LogP contribution in [0.4, 0.5) is 5.69 Å². The lowest BCUT2D eigenvalue weighted by molar-refractivity contribution is -0.132. The van der Waals surface area contributed by atoms with Crippen LogP contribution in [-0.4, -0.2) is 45.1 Å². The Bertz CT molecular complexity index is 1200. The SMILES string of the molecule is CCCCn1c(SCC(=O)N2CCC(C(=O)Nc3ccccc3)CC2)nc2ccccc2c1=O. The average molecular weight is 479 g/mol. The standard InChI is InChI=1S/C26H30N4O3S/c1-2-3-15-30-25(33)21-11-7-8-12-22(21)28-26(30)34-18-23(31)29-16-13-19(14-17-29)24(32)27-20-9-5-4-6-10-20/h4-12,19H,2-3,13-18H2,1H3,(H,27,32). The maximum absolute atomic E-state index is 13.0. The van der Waals surface area contributed by atoms with E-state index < -0.39 is 0 Å². The minimum absolute atomic E-state index is 0.00739. The minimum Gasteiger partial charge on any atom is -0.342 e. The summed E-state index contributed by atoms with van der Waals surface area (Å²) in [5, 5.41) is 4.15. The topological polar surface area (TPSA) is 84.3 Å². The van der Waals surface area contributed by atoms with E-state index in [-0.39, 0.29) is 29.0 Å². The molecule has 1 aliphatic rings. The smallest absolute Gasteiger partial charge is 0.262 e. The second kappa shape index (κ2) is 11.3. The highest BCUT2D eigenvalue weighted by Crippen LogP contribution is 2.23. The molecule has 1 aromatic heterocycles. The first kappa shape index (κ1) is 24.0. The number of nitrogens with zero attached hydrogens (tertiary/aromatic N) is 3. The van der Waals surface area contributed by atoms with Crippen molar-refractivity contribution in [2.45, 2.75) is 44.3 Å². The molecular weight excluding hydrogens is 448 g/mol. The number of hydrogen-bond acceptors (Lipinski definition) is 5. The lowest BCUT2D eigenvalue weighted by atomic mass is 9.96. The van der Waals surface area contributed by atoms with E-state index in [2.05, 4.69) is 17.2 Å². The van der Waals surface area contributed by atoms with Crippen molar-refractivity contribution in [2.24, 2.45) is 5.92 Å². The molecule has 0 unspecified atom stereocenters. The van der Waals surface area contributed by atoms with E-state index in [1.54, 1.807) is 10.6 Å². The highest BCUT2D eigenvalue weighted by Gasteiger charge is 2.27. The van der Waals surface area contributed by atoms with Crippen molar-refractivity contribution in [3.63, 3.8) is 0 Å². The summed E-state index contributed by atoms with van der Waals surface area (Å²) in [6, 6.07) is 16.8. The minimum atomic E-state index is -0.0988. The molecule has 0 bridgehead atoms. The second-order valence-corrected chi connectivity index (χ2v) is 9.46. The van der Waals surface area contributed by atoms with Gasteiger partial charge in [0, 0.05) is 31.2 Å². The largest absolute Gasteiger partial charge is 0.342 e. The molecule has 1 saturated heterocycles. The first-order chi connectivity index (χ1) is 16.6. The van der Waals surface area contributed by atoms with Gasteiger partial charge in [-0.25, -0.2) is 4.98 Å². The molecule has 178 valence electrons. The van der Waals surface area contributed by atoms with Gasteiger partial charge in [0.1, 0.15) is 0 Å². The Kier molecular flexibility index (Phi) is 8.00. The van der Waals surface area contributed by atoms with Crippen molar-refractivity contribution in [3.05, 3.63) is 65.0 Å². The third-order valence-corrected chi connectivity index (χ3v) is 7.11. The van der Waals surface area contributed by atoms with Crippen molar-refractivity contribution in [1.29, 1.82) is 0 Å². The van der Waals surface area contributed by atoms with Crippen LogP contribution in [-0.2, 0) is 16.1 Å². The zero-order chi connectivity index (χ0) is 23.9. The number of benzene rings is 2. The first-order valence-corrected chi connectivity index (χ1v) is 12.8. The number of fused-ring (bicyclic) bond motifs is 1. The molecule has 3 aromatic rings. The molecule has 8 heteroatoms. The monoisotopic (exact) mass is 478 g/mol. The normalized spacial score (nSPS) is 14.3. The van der Waals surface area contributed by atoms with Crippen molar-refractivity contribution in [1.82, 2.24) is 14.5 Å². The molecule has 0 atom stereocenters. The summed E-state index contributed by atoms with van der Waals surface area (Å²) in [5.74, 6) is 0.139. The Labute approximate surface area is 203 Å². The van der Waals surface area contributed by atoms with Crippen LogP contribution in [0, 0.1) is 5.92 Å². The highest BCUT2D eigenvalue weighted by atomic mass is 32.2. The van der Waals surface area contributed by atoms with Gasteiger partial charge < -0.3 is 10.2 Å². The third kappa shape index (κ3) is 5.67. The highest BCUT2D eigenvalue weighted by molar-refractivity contribution is 7.99. The number of hydrogen-bond donors (Lipinski definition) is 1. The van der Waals surface area contributed by atoms with Crippen LogP contribution in [0.5, 0.6) is 0 Å². The Hall–Kier alpha value is -3.13. The van der Waals surface area contributed by atoms with E-state index in [1.807, 2.05) is 53.4 Å². The lowest BCUT2D eigenvalue weighted by Gasteiger charge is -2.31. The van der Waals surface area contributed by atoms with Crippen LogP contribution in [0.15, 0.2) is 64.5 Å². The summed E-state index contributed by atoms with van der Waals surface area (Å²) in [5.41, 5.74) is 1.39. The van der Waals surface area contributed by atoms with Crippen LogP contribution in [0.3, 0.4) is 0 Å². The Morgan fingerprint density at radius 3 is 2.50 bits per heavy atom. The zero-order valence-electron chi connectivity index (χ0n) is 19.4. The Morgan fingerprint density at radius 1 is 1.06 bits per heavy atom. The van der Waals surface area contributed by atoms with Gasteiger partial charge in [-0.05, 0) is 43.5 Å². The van der Waals surface area contributed by atoms with Crippen LogP contribution in [0.1, 0.15) is 32.6 Å². The van der Waals surface area contributed by atoms with Crippen molar-refractivity contribution in [2.75, 3.05) is 24.2 Å². The van der Waals surface area contributed by atoms with Gasteiger partial charge in [-0.1, -0.05) is 55.4 Å². The first-order valence-electron chi connectivity index (χ1n) is 11.8. The molecule has 1 fully saturated rings. The molecule has 2 heterocycles. The van der Waals surface area contributed by atoms with E-state index in [1.165, 1.54) is 11.8 Å². The predicted molar refractivity (Wildman–Crippen MR) is 136 cm³/mol. The van der Waals surface area contributed by atoms with E-state index >= 15 is 0 Å². The van der Waals surface area contributed by atoms with Crippen molar-refractivity contribution < 1.29 is 9.59 Å². The van der Waals surface area contributed by atoms with Gasteiger partial charge in [-0.2, -0.15) is 0 Å². The molecule has 4 rings (SSSR count). The van der Waals surface area contributed by atoms with Crippen LogP contribution >= 0.6 is 11.8 Å². The number of para-hydroxylation sites is 2. The van der Waals surface area contributed by atoms with Gasteiger partial charge in [0.15, 0.2) is 5.16 Å².